The molecule has 1 aliphatic heterocycles. The first-order valence-corrected chi connectivity index (χ1v) is 14.2. The van der Waals surface area contributed by atoms with Gasteiger partial charge in [-0.25, -0.2) is 9.59 Å². The van der Waals surface area contributed by atoms with Gasteiger partial charge in [-0.2, -0.15) is 0 Å². The third-order valence-electron chi connectivity index (χ3n) is 6.56. The summed E-state index contributed by atoms with van der Waals surface area (Å²) in [5.41, 5.74) is 1.03. The van der Waals surface area contributed by atoms with Crippen LogP contribution in [0.15, 0.2) is 47.9 Å². The lowest BCUT2D eigenvalue weighted by Crippen LogP contribution is -2.20. The molecular weight excluding hydrogens is 466 g/mol. The molecule has 6 heteroatoms. The summed E-state index contributed by atoms with van der Waals surface area (Å²) < 4.78 is 10.3. The smallest absolute Gasteiger partial charge is 0.348 e. The highest BCUT2D eigenvalue weighted by Gasteiger charge is 2.24. The third-order valence-corrected chi connectivity index (χ3v) is 6.56. The van der Waals surface area contributed by atoms with Gasteiger partial charge in [-0.05, 0) is 37.6 Å². The second kappa shape index (κ2) is 18.4. The van der Waals surface area contributed by atoms with E-state index in [2.05, 4.69) is 12.2 Å². The molecular formula is C31H45NO5. The largest absolute Gasteiger partial charge is 0.462 e. The van der Waals surface area contributed by atoms with E-state index in [-0.39, 0.29) is 17.3 Å². The number of carbonyl (C=O) groups is 3. The number of unbranched alkanes of at least 4 members (excludes halogenated alkanes) is 14. The average molecular weight is 512 g/mol. The Balaban J connectivity index is 1.49. The highest BCUT2D eigenvalue weighted by Crippen LogP contribution is 2.17. The van der Waals surface area contributed by atoms with Crippen molar-refractivity contribution in [3.8, 4) is 0 Å². The molecule has 0 unspecified atom stereocenters. The van der Waals surface area contributed by atoms with Gasteiger partial charge in [0.2, 0.25) is 0 Å². The van der Waals surface area contributed by atoms with Crippen LogP contribution >= 0.6 is 0 Å². The number of allylic oxidation sites excluding steroid dienone is 2. The van der Waals surface area contributed by atoms with E-state index in [1.165, 1.54) is 95.7 Å². The van der Waals surface area contributed by atoms with E-state index in [0.717, 1.165) is 12.8 Å². The molecule has 204 valence electrons. The molecule has 0 spiro atoms. The number of cyclic esters (lactones) is 1. The Hall–Kier alpha value is -2.89. The van der Waals surface area contributed by atoms with Gasteiger partial charge in [0.1, 0.15) is 11.3 Å². The number of ketones is 1. The predicted octanol–water partition coefficient (Wildman–Crippen LogP) is 8.04. The van der Waals surface area contributed by atoms with Gasteiger partial charge < -0.3 is 14.8 Å². The van der Waals surface area contributed by atoms with Crippen LogP contribution in [0, 0.1) is 0 Å². The van der Waals surface area contributed by atoms with Crippen molar-refractivity contribution in [2.75, 3.05) is 11.9 Å². The van der Waals surface area contributed by atoms with E-state index in [1.54, 1.807) is 31.2 Å². The zero-order chi connectivity index (χ0) is 26.7. The molecule has 1 aromatic carbocycles. The predicted molar refractivity (Wildman–Crippen MR) is 148 cm³/mol. The summed E-state index contributed by atoms with van der Waals surface area (Å²) in [7, 11) is 0. The lowest BCUT2D eigenvalue weighted by Gasteiger charge is -2.12. The number of carbonyl (C=O) groups excluding carboxylic acids is 3. The number of anilines is 1. The number of benzene rings is 1. The Morgan fingerprint density at radius 2 is 1.32 bits per heavy atom. The van der Waals surface area contributed by atoms with E-state index in [1.807, 2.05) is 0 Å². The van der Waals surface area contributed by atoms with Gasteiger partial charge in [0.05, 0.1) is 12.2 Å². The van der Waals surface area contributed by atoms with E-state index < -0.39 is 11.8 Å². The maximum Gasteiger partial charge on any atom is 0.348 e. The van der Waals surface area contributed by atoms with E-state index in [0.29, 0.717) is 17.9 Å². The van der Waals surface area contributed by atoms with E-state index >= 15 is 0 Å². The van der Waals surface area contributed by atoms with Gasteiger partial charge in [0.25, 0.3) is 0 Å². The molecule has 1 heterocycles. The van der Waals surface area contributed by atoms with Gasteiger partial charge in [0, 0.05) is 18.0 Å². The summed E-state index contributed by atoms with van der Waals surface area (Å²) in [6.45, 7) is 4.25. The first-order chi connectivity index (χ1) is 18.0. The van der Waals surface area contributed by atoms with E-state index in [9.17, 15) is 14.4 Å². The molecule has 0 radical (unpaired) electrons. The van der Waals surface area contributed by atoms with Crippen molar-refractivity contribution in [1.29, 1.82) is 0 Å². The van der Waals surface area contributed by atoms with E-state index in [4.69, 9.17) is 9.47 Å². The van der Waals surface area contributed by atoms with Crippen LogP contribution in [-0.2, 0) is 19.1 Å². The number of hydrogen-bond acceptors (Lipinski definition) is 6. The van der Waals surface area contributed by atoms with Crippen LogP contribution in [0.1, 0.15) is 121 Å². The molecule has 1 aromatic rings. The van der Waals surface area contributed by atoms with Crippen molar-refractivity contribution in [2.45, 2.75) is 110 Å². The summed E-state index contributed by atoms with van der Waals surface area (Å²) >= 11 is 0. The lowest BCUT2D eigenvalue weighted by atomic mass is 10.0. The van der Waals surface area contributed by atoms with Gasteiger partial charge in [-0.3, -0.25) is 4.79 Å². The molecule has 0 atom stereocenters. The topological polar surface area (TPSA) is 81.7 Å². The first kappa shape index (κ1) is 30.3. The SMILES string of the molecule is CCCCCCCCCCCCCCCCCOC(=O)c1ccc(NC=C2C(=O)C=C(C)OC2=O)cc1. The number of ether oxygens (including phenoxy) is 2. The minimum atomic E-state index is -0.684. The minimum absolute atomic E-state index is 0.0717. The average Bonchev–Trinajstić information content (AvgIpc) is 2.88. The Bertz CT molecular complexity index is 901. The number of hydrogen-bond donors (Lipinski definition) is 1. The molecule has 0 aliphatic carbocycles. The Kier molecular flexibility index (Phi) is 15.1. The maximum absolute atomic E-state index is 12.3. The maximum atomic E-state index is 12.3. The zero-order valence-electron chi connectivity index (χ0n) is 22.8. The van der Waals surface area contributed by atoms with Crippen LogP contribution in [0.3, 0.4) is 0 Å². The summed E-state index contributed by atoms with van der Waals surface area (Å²) in [6.07, 6.45) is 22.1. The van der Waals surface area contributed by atoms with Gasteiger partial charge in [0.15, 0.2) is 5.78 Å². The summed E-state index contributed by atoms with van der Waals surface area (Å²) in [4.78, 5) is 36.0. The fourth-order valence-corrected chi connectivity index (χ4v) is 4.30. The molecule has 0 bridgehead atoms. The summed E-state index contributed by atoms with van der Waals surface area (Å²) in [6, 6.07) is 6.70. The van der Waals surface area contributed by atoms with Crippen LogP contribution in [0.2, 0.25) is 0 Å². The molecule has 1 N–H and O–H groups in total. The third kappa shape index (κ3) is 12.8. The number of esters is 2. The van der Waals surface area contributed by atoms with Crippen LogP contribution in [-0.4, -0.2) is 24.3 Å². The number of nitrogens with one attached hydrogen (secondary N) is 1. The van der Waals surface area contributed by atoms with Crippen LogP contribution in [0.5, 0.6) is 0 Å². The second-order valence-corrected chi connectivity index (χ2v) is 9.87. The number of rotatable bonds is 19. The lowest BCUT2D eigenvalue weighted by molar-refractivity contribution is -0.137. The second-order valence-electron chi connectivity index (χ2n) is 9.87. The normalized spacial score (nSPS) is 14.4. The summed E-state index contributed by atoms with van der Waals surface area (Å²) in [5.74, 6) is -1.15. The molecule has 1 aliphatic rings. The van der Waals surface area contributed by atoms with Crippen molar-refractivity contribution in [3.05, 3.63) is 53.4 Å². The Morgan fingerprint density at radius 1 is 0.811 bits per heavy atom. The molecule has 0 fully saturated rings. The highest BCUT2D eigenvalue weighted by atomic mass is 16.5. The van der Waals surface area contributed by atoms with Gasteiger partial charge in [-0.15, -0.1) is 0 Å². The van der Waals surface area contributed by atoms with Crippen molar-refractivity contribution in [2.24, 2.45) is 0 Å². The minimum Gasteiger partial charge on any atom is -0.462 e. The van der Waals surface area contributed by atoms with Crippen molar-refractivity contribution in [3.63, 3.8) is 0 Å². The standard InChI is InChI=1S/C31H45NO5/c1-3-4-5-6-7-8-9-10-11-12-13-14-15-16-17-22-36-30(34)26-18-20-27(21-19-26)32-24-28-29(33)23-25(2)37-31(28)35/h18-21,23-24,32H,3-17,22H2,1-2H3. The van der Waals surface area contributed by atoms with Crippen molar-refractivity contribution in [1.82, 2.24) is 0 Å². The fraction of sp³-hybridized carbons (Fsp3) is 0.581. The van der Waals surface area contributed by atoms with Crippen molar-refractivity contribution >= 4 is 23.4 Å². The monoisotopic (exact) mass is 511 g/mol. The summed E-state index contributed by atoms with van der Waals surface area (Å²) in [5, 5.41) is 2.89. The first-order valence-electron chi connectivity index (χ1n) is 14.2. The van der Waals surface area contributed by atoms with Gasteiger partial charge in [-0.1, -0.05) is 96.8 Å². The molecule has 0 aromatic heterocycles. The molecule has 2 rings (SSSR count). The zero-order valence-corrected chi connectivity index (χ0v) is 22.8. The molecule has 0 saturated heterocycles. The Labute approximate surface area is 222 Å². The van der Waals surface area contributed by atoms with Crippen LogP contribution in [0.25, 0.3) is 0 Å². The highest BCUT2D eigenvalue weighted by molar-refractivity contribution is 6.23. The molecule has 37 heavy (non-hydrogen) atoms. The van der Waals surface area contributed by atoms with Crippen LogP contribution in [0.4, 0.5) is 5.69 Å². The molecule has 6 nitrogen and oxygen atoms in total. The fourth-order valence-electron chi connectivity index (χ4n) is 4.30. The quantitative estimate of drug-likeness (QED) is 0.0876. The molecule has 0 amide bonds. The van der Waals surface area contributed by atoms with Crippen LogP contribution < -0.4 is 5.32 Å². The van der Waals surface area contributed by atoms with Crippen molar-refractivity contribution < 1.29 is 23.9 Å². The molecule has 0 saturated carbocycles. The Morgan fingerprint density at radius 3 is 1.84 bits per heavy atom. The van der Waals surface area contributed by atoms with Gasteiger partial charge >= 0.3 is 11.9 Å².